The fourth-order valence-corrected chi connectivity index (χ4v) is 2.03. The average molecular weight is 263 g/mol. The minimum Gasteiger partial charge on any atom is -0.467 e. The Morgan fingerprint density at radius 1 is 1.21 bits per heavy atom. The van der Waals surface area contributed by atoms with Crippen LogP contribution in [0.2, 0.25) is 0 Å². The summed E-state index contributed by atoms with van der Waals surface area (Å²) in [6, 6.07) is 5.04. The molecule has 4 nitrogen and oxygen atoms in total. The highest BCUT2D eigenvalue weighted by Crippen LogP contribution is 2.10. The molecule has 1 atom stereocenters. The quantitative estimate of drug-likeness (QED) is 0.830. The van der Waals surface area contributed by atoms with Crippen molar-refractivity contribution in [2.75, 3.05) is 7.11 Å². The molecule has 104 valence electrons. The second-order valence-electron chi connectivity index (χ2n) is 4.71. The van der Waals surface area contributed by atoms with Crippen molar-refractivity contribution in [1.29, 1.82) is 0 Å². The second kappa shape index (κ2) is 6.92. The molecule has 1 rings (SSSR count). The SMILES string of the molecule is CCC[C@H](NC(=O)c1cc(C)cc(C)c1)C(=O)OC. The number of carbonyl (C=O) groups excluding carboxylic acids is 2. The molecule has 0 fully saturated rings. The Morgan fingerprint density at radius 3 is 2.26 bits per heavy atom. The molecule has 0 aromatic heterocycles. The third-order valence-electron chi connectivity index (χ3n) is 2.85. The van der Waals surface area contributed by atoms with Crippen LogP contribution in [0.15, 0.2) is 18.2 Å². The zero-order valence-electron chi connectivity index (χ0n) is 11.9. The first-order valence-electron chi connectivity index (χ1n) is 6.45. The molecule has 0 unspecified atom stereocenters. The van der Waals surface area contributed by atoms with E-state index in [0.29, 0.717) is 12.0 Å². The number of carbonyl (C=O) groups is 2. The number of nitrogens with one attached hydrogen (secondary N) is 1. The lowest BCUT2D eigenvalue weighted by atomic mass is 10.1. The lowest BCUT2D eigenvalue weighted by molar-refractivity contribution is -0.143. The summed E-state index contributed by atoms with van der Waals surface area (Å²) in [6.07, 6.45) is 1.37. The number of rotatable bonds is 5. The van der Waals surface area contributed by atoms with Crippen LogP contribution in [-0.4, -0.2) is 25.0 Å². The molecule has 0 spiro atoms. The van der Waals surface area contributed by atoms with Gasteiger partial charge in [0.1, 0.15) is 6.04 Å². The summed E-state index contributed by atoms with van der Waals surface area (Å²) in [7, 11) is 1.33. The molecule has 1 amide bonds. The van der Waals surface area contributed by atoms with Crippen LogP contribution >= 0.6 is 0 Å². The fraction of sp³-hybridized carbons (Fsp3) is 0.467. The smallest absolute Gasteiger partial charge is 0.328 e. The normalized spacial score (nSPS) is 11.8. The number of benzene rings is 1. The number of ether oxygens (including phenoxy) is 1. The maximum atomic E-state index is 12.1. The van der Waals surface area contributed by atoms with Gasteiger partial charge in [0.15, 0.2) is 0 Å². The maximum Gasteiger partial charge on any atom is 0.328 e. The summed E-state index contributed by atoms with van der Waals surface area (Å²) < 4.78 is 4.70. The highest BCUT2D eigenvalue weighted by Gasteiger charge is 2.21. The van der Waals surface area contributed by atoms with E-state index >= 15 is 0 Å². The van der Waals surface area contributed by atoms with Gasteiger partial charge >= 0.3 is 5.97 Å². The van der Waals surface area contributed by atoms with E-state index in [9.17, 15) is 9.59 Å². The van der Waals surface area contributed by atoms with E-state index in [1.807, 2.05) is 39.0 Å². The van der Waals surface area contributed by atoms with Crippen molar-refractivity contribution in [3.8, 4) is 0 Å². The van der Waals surface area contributed by atoms with Crippen LogP contribution in [-0.2, 0) is 9.53 Å². The van der Waals surface area contributed by atoms with E-state index in [1.165, 1.54) is 7.11 Å². The molecule has 0 bridgehead atoms. The van der Waals surface area contributed by atoms with Crippen LogP contribution in [0.3, 0.4) is 0 Å². The van der Waals surface area contributed by atoms with Crippen LogP contribution in [0.25, 0.3) is 0 Å². The summed E-state index contributed by atoms with van der Waals surface area (Å²) in [5.41, 5.74) is 2.62. The Morgan fingerprint density at radius 2 is 1.79 bits per heavy atom. The van der Waals surface area contributed by atoms with Gasteiger partial charge in [0.2, 0.25) is 0 Å². The Labute approximate surface area is 114 Å². The lowest BCUT2D eigenvalue weighted by Crippen LogP contribution is -2.41. The van der Waals surface area contributed by atoms with Crippen molar-refractivity contribution in [2.24, 2.45) is 0 Å². The second-order valence-corrected chi connectivity index (χ2v) is 4.71. The van der Waals surface area contributed by atoms with Crippen LogP contribution in [0, 0.1) is 13.8 Å². The molecule has 4 heteroatoms. The third-order valence-corrected chi connectivity index (χ3v) is 2.85. The van der Waals surface area contributed by atoms with Gasteiger partial charge in [-0.3, -0.25) is 4.79 Å². The Hall–Kier alpha value is -1.84. The van der Waals surface area contributed by atoms with E-state index in [4.69, 9.17) is 4.74 Å². The van der Waals surface area contributed by atoms with Gasteiger partial charge in [-0.2, -0.15) is 0 Å². The zero-order valence-corrected chi connectivity index (χ0v) is 11.9. The summed E-state index contributed by atoms with van der Waals surface area (Å²) in [5.74, 6) is -0.643. The molecule has 0 saturated heterocycles. The number of esters is 1. The Kier molecular flexibility index (Phi) is 5.55. The fourth-order valence-electron chi connectivity index (χ4n) is 2.03. The monoisotopic (exact) mass is 263 g/mol. The van der Waals surface area contributed by atoms with E-state index in [2.05, 4.69) is 5.32 Å². The topological polar surface area (TPSA) is 55.4 Å². The molecule has 1 aromatic carbocycles. The lowest BCUT2D eigenvalue weighted by Gasteiger charge is -2.16. The Balaban J connectivity index is 2.84. The molecular weight excluding hydrogens is 242 g/mol. The molecule has 0 heterocycles. The first-order chi connectivity index (χ1) is 8.97. The molecule has 0 aliphatic carbocycles. The summed E-state index contributed by atoms with van der Waals surface area (Å²) in [6.45, 7) is 5.83. The zero-order chi connectivity index (χ0) is 14.4. The molecule has 1 N–H and O–H groups in total. The van der Waals surface area contributed by atoms with Crippen molar-refractivity contribution < 1.29 is 14.3 Å². The minimum atomic E-state index is -0.580. The number of amides is 1. The molecule has 0 aliphatic heterocycles. The molecule has 1 aromatic rings. The van der Waals surface area contributed by atoms with Gasteiger partial charge in [-0.05, 0) is 32.4 Å². The summed E-state index contributed by atoms with van der Waals surface area (Å²) >= 11 is 0. The third kappa shape index (κ3) is 4.39. The van der Waals surface area contributed by atoms with E-state index in [1.54, 1.807) is 0 Å². The van der Waals surface area contributed by atoms with Gasteiger partial charge in [-0.25, -0.2) is 4.79 Å². The van der Waals surface area contributed by atoms with Gasteiger partial charge in [0, 0.05) is 5.56 Å². The van der Waals surface area contributed by atoms with E-state index in [-0.39, 0.29) is 5.91 Å². The van der Waals surface area contributed by atoms with Gasteiger partial charge in [-0.1, -0.05) is 30.5 Å². The highest BCUT2D eigenvalue weighted by atomic mass is 16.5. The van der Waals surface area contributed by atoms with Gasteiger partial charge in [0.05, 0.1) is 7.11 Å². The van der Waals surface area contributed by atoms with Gasteiger partial charge < -0.3 is 10.1 Å². The van der Waals surface area contributed by atoms with Crippen molar-refractivity contribution in [2.45, 2.75) is 39.7 Å². The first kappa shape index (κ1) is 15.2. The van der Waals surface area contributed by atoms with Gasteiger partial charge in [0.25, 0.3) is 5.91 Å². The molecule has 0 aliphatic rings. The van der Waals surface area contributed by atoms with E-state index < -0.39 is 12.0 Å². The average Bonchev–Trinajstić information content (AvgIpc) is 2.36. The van der Waals surface area contributed by atoms with Crippen LogP contribution < -0.4 is 5.32 Å². The standard InChI is InChI=1S/C15H21NO3/c1-5-6-13(15(18)19-4)16-14(17)12-8-10(2)7-11(3)9-12/h7-9,13H,5-6H2,1-4H3,(H,16,17)/t13-/m0/s1. The first-order valence-corrected chi connectivity index (χ1v) is 6.45. The summed E-state index contributed by atoms with van der Waals surface area (Å²) in [5, 5.41) is 2.73. The van der Waals surface area contributed by atoms with E-state index in [0.717, 1.165) is 17.5 Å². The van der Waals surface area contributed by atoms with Crippen LogP contribution in [0.5, 0.6) is 0 Å². The molecular formula is C15H21NO3. The highest BCUT2D eigenvalue weighted by molar-refractivity contribution is 5.97. The molecule has 0 saturated carbocycles. The molecule has 0 radical (unpaired) electrons. The molecule has 19 heavy (non-hydrogen) atoms. The largest absolute Gasteiger partial charge is 0.467 e. The van der Waals surface area contributed by atoms with Gasteiger partial charge in [-0.15, -0.1) is 0 Å². The predicted octanol–water partition coefficient (Wildman–Crippen LogP) is 2.37. The minimum absolute atomic E-state index is 0.240. The van der Waals surface area contributed by atoms with Crippen molar-refractivity contribution in [3.05, 3.63) is 34.9 Å². The number of methoxy groups -OCH3 is 1. The van der Waals surface area contributed by atoms with Crippen molar-refractivity contribution in [3.63, 3.8) is 0 Å². The Bertz CT molecular complexity index is 448. The van der Waals surface area contributed by atoms with Crippen LogP contribution in [0.4, 0.5) is 0 Å². The van der Waals surface area contributed by atoms with Crippen LogP contribution in [0.1, 0.15) is 41.3 Å². The number of aryl methyl sites for hydroxylation is 2. The number of hydrogen-bond donors (Lipinski definition) is 1. The maximum absolute atomic E-state index is 12.1. The van der Waals surface area contributed by atoms with Crippen molar-refractivity contribution in [1.82, 2.24) is 5.32 Å². The predicted molar refractivity (Wildman–Crippen MR) is 74.1 cm³/mol. The number of hydrogen-bond acceptors (Lipinski definition) is 3. The summed E-state index contributed by atoms with van der Waals surface area (Å²) in [4.78, 5) is 23.7. The van der Waals surface area contributed by atoms with Crippen molar-refractivity contribution >= 4 is 11.9 Å².